The van der Waals surface area contributed by atoms with Crippen LogP contribution in [0.15, 0.2) is 18.2 Å². The minimum Gasteiger partial charge on any atom is -0.508 e. The number of ether oxygens (including phenoxy) is 1. The summed E-state index contributed by atoms with van der Waals surface area (Å²) in [5.41, 5.74) is 1.77. The Morgan fingerprint density at radius 1 is 1.00 bits per heavy atom. The van der Waals surface area contributed by atoms with E-state index in [0.717, 1.165) is 56.1 Å². The Bertz CT molecular complexity index is 661. The predicted molar refractivity (Wildman–Crippen MR) is 120 cm³/mol. The molecule has 1 rings (SSSR count). The molecule has 2 N–H and O–H groups in total. The van der Waals surface area contributed by atoms with Crippen LogP contribution in [0.5, 0.6) is 5.75 Å². The molecule has 1 aromatic rings. The molecule has 0 heterocycles. The molecule has 0 amide bonds. The van der Waals surface area contributed by atoms with Gasteiger partial charge < -0.3 is 19.3 Å². The van der Waals surface area contributed by atoms with E-state index in [1.54, 1.807) is 13.0 Å². The molecule has 0 spiro atoms. The van der Waals surface area contributed by atoms with Gasteiger partial charge in [-0.05, 0) is 50.3 Å². The second-order valence-corrected chi connectivity index (χ2v) is 9.78. The highest BCUT2D eigenvalue weighted by atomic mass is 31.2. The molecule has 1 aromatic carbocycles. The van der Waals surface area contributed by atoms with E-state index in [0.29, 0.717) is 19.4 Å². The monoisotopic (exact) mass is 442 g/mol. The van der Waals surface area contributed by atoms with Crippen LogP contribution in [0.1, 0.15) is 82.3 Å². The zero-order valence-electron chi connectivity index (χ0n) is 18.6. The number of esters is 1. The van der Waals surface area contributed by atoms with Gasteiger partial charge in [-0.15, -0.1) is 0 Å². The van der Waals surface area contributed by atoms with Gasteiger partial charge in [0.25, 0.3) is 0 Å². The van der Waals surface area contributed by atoms with E-state index in [1.807, 2.05) is 19.1 Å². The fraction of sp³-hybridized carbons (Fsp3) is 0.696. The fourth-order valence-corrected chi connectivity index (χ4v) is 4.39. The lowest BCUT2D eigenvalue weighted by Crippen LogP contribution is -2.07. The minimum atomic E-state index is -3.35. The van der Waals surface area contributed by atoms with E-state index in [-0.39, 0.29) is 24.5 Å². The van der Waals surface area contributed by atoms with Gasteiger partial charge in [0.2, 0.25) is 0 Å². The SMILES string of the molecule is CCOP(=O)(O)CCCCCCCCCCCOC(=O)CCc1ccc(C)c(O)c1. The number of phenols is 1. The quantitative estimate of drug-likeness (QED) is 0.177. The van der Waals surface area contributed by atoms with Crippen molar-refractivity contribution in [2.75, 3.05) is 19.4 Å². The van der Waals surface area contributed by atoms with Gasteiger partial charge in [0, 0.05) is 12.6 Å². The van der Waals surface area contributed by atoms with Crippen molar-refractivity contribution in [2.45, 2.75) is 84.5 Å². The van der Waals surface area contributed by atoms with Gasteiger partial charge >= 0.3 is 13.6 Å². The summed E-state index contributed by atoms with van der Waals surface area (Å²) in [6.07, 6.45) is 10.5. The summed E-state index contributed by atoms with van der Waals surface area (Å²) >= 11 is 0. The number of rotatable bonds is 17. The Hall–Kier alpha value is -1.36. The van der Waals surface area contributed by atoms with E-state index >= 15 is 0 Å². The summed E-state index contributed by atoms with van der Waals surface area (Å²) in [4.78, 5) is 21.3. The third kappa shape index (κ3) is 13.0. The van der Waals surface area contributed by atoms with Crippen LogP contribution in [-0.2, 0) is 25.0 Å². The van der Waals surface area contributed by atoms with E-state index in [4.69, 9.17) is 9.26 Å². The zero-order valence-corrected chi connectivity index (χ0v) is 19.5. The Morgan fingerprint density at radius 3 is 2.20 bits per heavy atom. The van der Waals surface area contributed by atoms with Crippen molar-refractivity contribution in [2.24, 2.45) is 0 Å². The number of aryl methyl sites for hydroxylation is 2. The molecule has 0 aliphatic heterocycles. The van der Waals surface area contributed by atoms with Gasteiger partial charge in [-0.25, -0.2) is 0 Å². The topological polar surface area (TPSA) is 93.1 Å². The van der Waals surface area contributed by atoms with Crippen molar-refractivity contribution in [3.05, 3.63) is 29.3 Å². The van der Waals surface area contributed by atoms with Crippen molar-refractivity contribution in [1.29, 1.82) is 0 Å². The molecule has 0 aliphatic rings. The first-order valence-corrected chi connectivity index (χ1v) is 13.0. The molecule has 0 saturated carbocycles. The number of carbonyl (C=O) groups excluding carboxylic acids is 1. The highest BCUT2D eigenvalue weighted by Gasteiger charge is 2.16. The first-order valence-electron chi connectivity index (χ1n) is 11.2. The van der Waals surface area contributed by atoms with Gasteiger partial charge in [0.15, 0.2) is 0 Å². The first-order chi connectivity index (χ1) is 14.3. The number of carbonyl (C=O) groups is 1. The second-order valence-electron chi connectivity index (χ2n) is 7.80. The van der Waals surface area contributed by atoms with Gasteiger partial charge in [-0.2, -0.15) is 0 Å². The second kappa shape index (κ2) is 15.4. The minimum absolute atomic E-state index is 0.188. The van der Waals surface area contributed by atoms with Crippen molar-refractivity contribution in [3.8, 4) is 5.75 Å². The van der Waals surface area contributed by atoms with Crippen LogP contribution in [-0.4, -0.2) is 35.3 Å². The Balaban J connectivity index is 1.90. The number of phenolic OH excluding ortho intramolecular Hbond substituents is 1. The maximum atomic E-state index is 11.8. The molecule has 0 radical (unpaired) electrons. The maximum absolute atomic E-state index is 11.8. The lowest BCUT2D eigenvalue weighted by atomic mass is 10.1. The van der Waals surface area contributed by atoms with Crippen molar-refractivity contribution < 1.29 is 28.6 Å². The smallest absolute Gasteiger partial charge is 0.328 e. The van der Waals surface area contributed by atoms with Gasteiger partial charge in [-0.3, -0.25) is 9.36 Å². The van der Waals surface area contributed by atoms with Crippen molar-refractivity contribution in [1.82, 2.24) is 0 Å². The molecule has 6 nitrogen and oxygen atoms in total. The van der Waals surface area contributed by atoms with Crippen LogP contribution >= 0.6 is 7.60 Å². The van der Waals surface area contributed by atoms with E-state index in [2.05, 4.69) is 0 Å². The summed E-state index contributed by atoms with van der Waals surface area (Å²) in [7, 11) is -3.35. The van der Waals surface area contributed by atoms with E-state index < -0.39 is 7.60 Å². The van der Waals surface area contributed by atoms with Crippen LogP contribution in [0.25, 0.3) is 0 Å². The van der Waals surface area contributed by atoms with Gasteiger partial charge in [0.05, 0.1) is 13.2 Å². The van der Waals surface area contributed by atoms with Gasteiger partial charge in [0.1, 0.15) is 5.75 Å². The van der Waals surface area contributed by atoms with Crippen molar-refractivity contribution in [3.63, 3.8) is 0 Å². The summed E-state index contributed by atoms with van der Waals surface area (Å²) in [6, 6.07) is 5.48. The molecule has 0 fully saturated rings. The molecule has 30 heavy (non-hydrogen) atoms. The molecule has 0 bridgehead atoms. The van der Waals surface area contributed by atoms with Crippen LogP contribution in [0.3, 0.4) is 0 Å². The maximum Gasteiger partial charge on any atom is 0.328 e. The number of hydrogen-bond donors (Lipinski definition) is 2. The third-order valence-corrected chi connectivity index (χ3v) is 6.61. The number of aromatic hydroxyl groups is 1. The molecule has 7 heteroatoms. The Kier molecular flexibility index (Phi) is 13.7. The van der Waals surface area contributed by atoms with Crippen LogP contribution < -0.4 is 0 Å². The van der Waals surface area contributed by atoms with E-state index in [9.17, 15) is 19.4 Å². The third-order valence-electron chi connectivity index (χ3n) is 5.07. The summed E-state index contributed by atoms with van der Waals surface area (Å²) in [6.45, 7) is 4.33. The van der Waals surface area contributed by atoms with Crippen molar-refractivity contribution >= 4 is 13.6 Å². The predicted octanol–water partition coefficient (Wildman–Crippen LogP) is 5.91. The summed E-state index contributed by atoms with van der Waals surface area (Å²) in [5.74, 6) is 0.0743. The fourth-order valence-electron chi connectivity index (χ4n) is 3.23. The lowest BCUT2D eigenvalue weighted by molar-refractivity contribution is -0.143. The summed E-state index contributed by atoms with van der Waals surface area (Å²) in [5, 5.41) is 9.69. The number of unbranched alkanes of at least 4 members (excludes halogenated alkanes) is 8. The lowest BCUT2D eigenvalue weighted by Gasteiger charge is -2.10. The average molecular weight is 443 g/mol. The van der Waals surface area contributed by atoms with E-state index in [1.165, 1.54) is 12.8 Å². The Morgan fingerprint density at radius 2 is 1.60 bits per heavy atom. The largest absolute Gasteiger partial charge is 0.508 e. The molecular weight excluding hydrogens is 403 g/mol. The zero-order chi connectivity index (χ0) is 22.2. The molecule has 172 valence electrons. The number of benzene rings is 1. The molecule has 0 aliphatic carbocycles. The highest BCUT2D eigenvalue weighted by molar-refractivity contribution is 7.52. The van der Waals surface area contributed by atoms with Gasteiger partial charge in [-0.1, -0.05) is 57.1 Å². The standard InChI is InChI=1S/C23H39O6P/c1-3-29-30(26,27)18-12-10-8-6-4-5-7-9-11-17-28-23(25)16-15-21-14-13-20(2)22(24)19-21/h13-14,19,24H,3-12,15-18H2,1-2H3,(H,26,27). The molecular formula is C23H39O6P. The molecule has 1 atom stereocenters. The molecule has 0 saturated heterocycles. The molecule has 0 aromatic heterocycles. The normalized spacial score (nSPS) is 13.2. The Labute approximate surface area is 181 Å². The average Bonchev–Trinajstić information content (AvgIpc) is 2.69. The van der Waals surface area contributed by atoms with Crippen LogP contribution in [0.2, 0.25) is 0 Å². The summed E-state index contributed by atoms with van der Waals surface area (Å²) < 4.78 is 21.7. The van der Waals surface area contributed by atoms with Crippen LogP contribution in [0, 0.1) is 6.92 Å². The molecule has 1 unspecified atom stereocenters. The highest BCUT2D eigenvalue weighted by Crippen LogP contribution is 2.42. The van der Waals surface area contributed by atoms with Crippen LogP contribution in [0.4, 0.5) is 0 Å². The first kappa shape index (κ1) is 26.7. The number of hydrogen-bond acceptors (Lipinski definition) is 5.